The summed E-state index contributed by atoms with van der Waals surface area (Å²) in [5.74, 6) is 3.38. The number of Topliss-reactive ketones (excluding diaryl/α,β-unsaturated/α-hetero) is 1. The highest BCUT2D eigenvalue weighted by atomic mass is 16.1. The lowest BCUT2D eigenvalue weighted by atomic mass is 9.85. The summed E-state index contributed by atoms with van der Waals surface area (Å²) in [5, 5.41) is 6.92. The zero-order valence-corrected chi connectivity index (χ0v) is 24.0. The van der Waals surface area contributed by atoms with Crippen molar-refractivity contribution in [3.8, 4) is 0 Å². The van der Waals surface area contributed by atoms with Gasteiger partial charge in [0.2, 0.25) is 5.91 Å². The van der Waals surface area contributed by atoms with Gasteiger partial charge in [-0.15, -0.1) is 0 Å². The minimum atomic E-state index is 0.0728. The van der Waals surface area contributed by atoms with E-state index in [9.17, 15) is 9.59 Å². The predicted octanol–water partition coefficient (Wildman–Crippen LogP) is 7.88. The van der Waals surface area contributed by atoms with E-state index < -0.39 is 0 Å². The molecule has 0 aromatic heterocycles. The van der Waals surface area contributed by atoms with Gasteiger partial charge in [-0.05, 0) is 62.7 Å². The van der Waals surface area contributed by atoms with Crippen LogP contribution in [0.25, 0.3) is 0 Å². The molecule has 0 spiro atoms. The van der Waals surface area contributed by atoms with Gasteiger partial charge in [-0.25, -0.2) is 0 Å². The van der Waals surface area contributed by atoms with Gasteiger partial charge >= 0.3 is 0 Å². The first-order chi connectivity index (χ1) is 18.2. The molecule has 1 aliphatic heterocycles. The Bertz CT molecular complexity index is 669. The molecule has 5 unspecified atom stereocenters. The third-order valence-electron chi connectivity index (χ3n) is 10.5. The summed E-state index contributed by atoms with van der Waals surface area (Å²) in [6.45, 7) is 0.763. The third-order valence-corrected chi connectivity index (χ3v) is 10.5. The molecular weight excluding hydrogens is 456 g/mol. The minimum absolute atomic E-state index is 0.0728. The average Bonchev–Trinajstić information content (AvgIpc) is 3.47. The Morgan fingerprint density at radius 1 is 0.703 bits per heavy atom. The molecule has 0 radical (unpaired) electrons. The van der Waals surface area contributed by atoms with Crippen molar-refractivity contribution in [1.82, 2.24) is 10.6 Å². The Kier molecular flexibility index (Phi) is 12.8. The zero-order valence-electron chi connectivity index (χ0n) is 24.0. The number of carbonyl (C=O) groups excluding carboxylic acids is 2. The number of nitrogens with one attached hydrogen (secondary N) is 2. The number of carbonyl (C=O) groups is 2. The SMILES string of the molecule is O=C(CCCCCCC1CCCCCCCC1)NCCCCC1NC2C3CCCCCCC(C3)C2C1=O. The Balaban J connectivity index is 1.00. The maximum atomic E-state index is 13.2. The van der Waals surface area contributed by atoms with Crippen molar-refractivity contribution >= 4 is 11.7 Å². The van der Waals surface area contributed by atoms with Crippen molar-refractivity contribution in [2.45, 2.75) is 166 Å². The van der Waals surface area contributed by atoms with Crippen molar-refractivity contribution in [3.05, 3.63) is 0 Å². The smallest absolute Gasteiger partial charge is 0.219 e. The van der Waals surface area contributed by atoms with Crippen LogP contribution in [0.15, 0.2) is 0 Å². The van der Waals surface area contributed by atoms with E-state index in [1.165, 1.54) is 122 Å². The highest BCUT2D eigenvalue weighted by molar-refractivity contribution is 5.90. The number of hydrogen-bond acceptors (Lipinski definition) is 3. The molecule has 1 amide bonds. The van der Waals surface area contributed by atoms with Crippen molar-refractivity contribution in [1.29, 1.82) is 0 Å². The number of hydrogen-bond donors (Lipinski definition) is 2. The molecular formula is C33H58N2O2. The largest absolute Gasteiger partial charge is 0.356 e. The molecule has 3 saturated carbocycles. The second-order valence-electron chi connectivity index (χ2n) is 13.3. The van der Waals surface area contributed by atoms with E-state index in [4.69, 9.17) is 0 Å². The first-order valence-electron chi connectivity index (χ1n) is 16.8. The van der Waals surface area contributed by atoms with Crippen molar-refractivity contribution in [3.63, 3.8) is 0 Å². The van der Waals surface area contributed by atoms with Gasteiger partial charge < -0.3 is 10.6 Å². The standard InChI is InChI=1S/C33H58N2O2/c36-30(23-14-8-5-11-19-26-17-9-3-1-2-4-10-18-26)34-24-16-15-22-29-33(37)31-27-20-12-6-7-13-21-28(25-27)32(31)35-29/h26-29,31-32,35H,1-25H2,(H,34,36). The minimum Gasteiger partial charge on any atom is -0.356 e. The van der Waals surface area contributed by atoms with Gasteiger partial charge in [0, 0.05) is 24.9 Å². The van der Waals surface area contributed by atoms with Crippen LogP contribution in [0.4, 0.5) is 0 Å². The molecule has 3 aliphatic carbocycles. The molecule has 37 heavy (non-hydrogen) atoms. The van der Waals surface area contributed by atoms with Crippen LogP contribution in [0.2, 0.25) is 0 Å². The van der Waals surface area contributed by atoms with Crippen molar-refractivity contribution < 1.29 is 9.59 Å². The zero-order chi connectivity index (χ0) is 25.7. The maximum Gasteiger partial charge on any atom is 0.219 e. The summed E-state index contributed by atoms with van der Waals surface area (Å²) < 4.78 is 0. The molecule has 4 nitrogen and oxygen atoms in total. The first kappa shape index (κ1) is 29.1. The van der Waals surface area contributed by atoms with Crippen molar-refractivity contribution in [2.24, 2.45) is 23.7 Å². The Morgan fingerprint density at radius 3 is 2.08 bits per heavy atom. The van der Waals surface area contributed by atoms with Gasteiger partial charge in [-0.2, -0.15) is 0 Å². The number of fused-ring (bicyclic) bond motifs is 5. The number of amides is 1. The van der Waals surface area contributed by atoms with Gasteiger partial charge in [0.1, 0.15) is 0 Å². The lowest BCUT2D eigenvalue weighted by molar-refractivity contribution is -0.123. The van der Waals surface area contributed by atoms with E-state index in [1.54, 1.807) is 0 Å². The van der Waals surface area contributed by atoms with Crippen LogP contribution < -0.4 is 10.6 Å². The van der Waals surface area contributed by atoms with Gasteiger partial charge in [0.15, 0.2) is 5.78 Å². The molecule has 4 rings (SSSR count). The second kappa shape index (κ2) is 16.3. The molecule has 1 heterocycles. The van der Waals surface area contributed by atoms with Crippen LogP contribution in [0.5, 0.6) is 0 Å². The Labute approximate surface area is 228 Å². The molecule has 4 heteroatoms. The highest BCUT2D eigenvalue weighted by Crippen LogP contribution is 2.47. The van der Waals surface area contributed by atoms with Gasteiger partial charge in [-0.3, -0.25) is 9.59 Å². The first-order valence-corrected chi connectivity index (χ1v) is 16.8. The highest BCUT2D eigenvalue weighted by Gasteiger charge is 2.52. The predicted molar refractivity (Wildman–Crippen MR) is 153 cm³/mol. The van der Waals surface area contributed by atoms with Crippen LogP contribution >= 0.6 is 0 Å². The molecule has 212 valence electrons. The normalized spacial score (nSPS) is 31.5. The molecule has 4 fully saturated rings. The quantitative estimate of drug-likeness (QED) is 0.260. The van der Waals surface area contributed by atoms with Crippen LogP contribution in [-0.4, -0.2) is 30.3 Å². The molecule has 4 aliphatic rings. The van der Waals surface area contributed by atoms with E-state index in [2.05, 4.69) is 10.6 Å². The lowest BCUT2D eigenvalue weighted by Gasteiger charge is -2.20. The number of rotatable bonds is 12. The second-order valence-corrected chi connectivity index (χ2v) is 13.3. The summed E-state index contributed by atoms with van der Waals surface area (Å²) in [4.78, 5) is 25.5. The molecule has 0 aromatic rings. The number of ketones is 1. The average molecular weight is 515 g/mol. The maximum absolute atomic E-state index is 13.2. The van der Waals surface area contributed by atoms with E-state index in [1.807, 2.05) is 0 Å². The van der Waals surface area contributed by atoms with E-state index in [-0.39, 0.29) is 11.9 Å². The lowest BCUT2D eigenvalue weighted by Crippen LogP contribution is -2.35. The van der Waals surface area contributed by atoms with Crippen LogP contribution in [0.3, 0.4) is 0 Å². The van der Waals surface area contributed by atoms with Crippen LogP contribution in [0.1, 0.15) is 154 Å². The molecule has 2 bridgehead atoms. The van der Waals surface area contributed by atoms with Gasteiger partial charge in [0.05, 0.1) is 6.04 Å². The molecule has 2 N–H and O–H groups in total. The van der Waals surface area contributed by atoms with Gasteiger partial charge in [-0.1, -0.05) is 103 Å². The number of unbranched alkanes of at least 4 members (excludes halogenated alkanes) is 4. The third kappa shape index (κ3) is 9.36. The molecule has 0 aromatic carbocycles. The molecule has 1 saturated heterocycles. The summed E-state index contributed by atoms with van der Waals surface area (Å²) in [6.07, 6.45) is 30.8. The molecule has 5 atom stereocenters. The van der Waals surface area contributed by atoms with Crippen LogP contribution in [-0.2, 0) is 9.59 Å². The van der Waals surface area contributed by atoms with E-state index >= 15 is 0 Å². The summed E-state index contributed by atoms with van der Waals surface area (Å²) in [5.41, 5.74) is 0. The Hall–Kier alpha value is -0.900. The Morgan fingerprint density at radius 2 is 1.32 bits per heavy atom. The summed E-state index contributed by atoms with van der Waals surface area (Å²) >= 11 is 0. The summed E-state index contributed by atoms with van der Waals surface area (Å²) in [6, 6.07) is 0.533. The fourth-order valence-electron chi connectivity index (χ4n) is 8.32. The fraction of sp³-hybridized carbons (Fsp3) is 0.939. The van der Waals surface area contributed by atoms with E-state index in [0.717, 1.165) is 44.1 Å². The topological polar surface area (TPSA) is 58.2 Å². The van der Waals surface area contributed by atoms with Crippen LogP contribution in [0, 0.1) is 23.7 Å². The summed E-state index contributed by atoms with van der Waals surface area (Å²) in [7, 11) is 0. The monoisotopic (exact) mass is 514 g/mol. The van der Waals surface area contributed by atoms with E-state index in [0.29, 0.717) is 30.1 Å². The van der Waals surface area contributed by atoms with Crippen molar-refractivity contribution in [2.75, 3.05) is 6.54 Å². The van der Waals surface area contributed by atoms with Gasteiger partial charge in [0.25, 0.3) is 0 Å². The fourth-order valence-corrected chi connectivity index (χ4v) is 8.32.